The average molecular weight is 328 g/mol. The third kappa shape index (κ3) is 5.25. The fourth-order valence-electron chi connectivity index (χ4n) is 1.97. The lowest BCUT2D eigenvalue weighted by Crippen LogP contribution is -2.44. The summed E-state index contributed by atoms with van der Waals surface area (Å²) in [5.74, 6) is -0.757. The van der Waals surface area contributed by atoms with E-state index in [1.165, 1.54) is 11.8 Å². The van der Waals surface area contributed by atoms with E-state index in [0.29, 0.717) is 17.4 Å². The smallest absolute Gasteiger partial charge is 0.326 e. The van der Waals surface area contributed by atoms with Gasteiger partial charge in [-0.1, -0.05) is 24.4 Å². The molecule has 6 heteroatoms. The number of halogens is 1. The number of hydrogen-bond donors (Lipinski definition) is 2. The van der Waals surface area contributed by atoms with Gasteiger partial charge in [0.2, 0.25) is 5.91 Å². The molecule has 0 bridgehead atoms. The predicted molar refractivity (Wildman–Crippen MR) is 83.7 cm³/mol. The second-order valence-corrected chi connectivity index (χ2v) is 7.14. The van der Waals surface area contributed by atoms with Crippen LogP contribution in [0.5, 0.6) is 0 Å². The van der Waals surface area contributed by atoms with Crippen molar-refractivity contribution in [3.05, 3.63) is 29.3 Å². The molecule has 0 spiro atoms. The number of rotatable bonds is 7. The summed E-state index contributed by atoms with van der Waals surface area (Å²) in [6.45, 7) is 1.77. The maximum atomic E-state index is 12.1. The lowest BCUT2D eigenvalue weighted by Gasteiger charge is -2.17. The van der Waals surface area contributed by atoms with Crippen LogP contribution in [0.1, 0.15) is 26.2 Å². The maximum absolute atomic E-state index is 12.1. The summed E-state index contributed by atoms with van der Waals surface area (Å²) in [6, 6.07) is 6.44. The molecular weight excluding hydrogens is 310 g/mol. The Bertz CT molecular complexity index is 516. The standard InChI is InChI=1S/C15H18ClNO3S/c1-9(21-12-6-4-11(16)5-7-12)14(18)17-13(15(19)20)8-10-2-3-10/h4-7,9-10,13H,2-3,8H2,1H3,(H,17,18)(H,19,20). The molecule has 21 heavy (non-hydrogen) atoms. The number of aliphatic carboxylic acids is 1. The van der Waals surface area contributed by atoms with Crippen molar-refractivity contribution in [1.29, 1.82) is 0 Å². The predicted octanol–water partition coefficient (Wildman–Crippen LogP) is 3.19. The fraction of sp³-hybridized carbons (Fsp3) is 0.467. The highest BCUT2D eigenvalue weighted by Gasteiger charge is 2.31. The highest BCUT2D eigenvalue weighted by Crippen LogP contribution is 2.33. The second kappa shape index (κ2) is 7.18. The van der Waals surface area contributed by atoms with Gasteiger partial charge in [-0.15, -0.1) is 11.8 Å². The summed E-state index contributed by atoms with van der Waals surface area (Å²) in [4.78, 5) is 24.2. The third-order valence-corrected chi connectivity index (χ3v) is 4.74. The van der Waals surface area contributed by atoms with E-state index in [4.69, 9.17) is 16.7 Å². The van der Waals surface area contributed by atoms with E-state index >= 15 is 0 Å². The Morgan fingerprint density at radius 2 is 2.00 bits per heavy atom. The Hall–Kier alpha value is -1.20. The van der Waals surface area contributed by atoms with Crippen LogP contribution in [0.25, 0.3) is 0 Å². The molecule has 2 atom stereocenters. The van der Waals surface area contributed by atoms with E-state index in [1.807, 2.05) is 12.1 Å². The lowest BCUT2D eigenvalue weighted by atomic mass is 10.1. The normalized spacial score (nSPS) is 17.0. The Morgan fingerprint density at radius 3 is 2.52 bits per heavy atom. The second-order valence-electron chi connectivity index (χ2n) is 5.29. The fourth-order valence-corrected chi connectivity index (χ4v) is 2.97. The van der Waals surface area contributed by atoms with Crippen molar-refractivity contribution < 1.29 is 14.7 Å². The van der Waals surface area contributed by atoms with Gasteiger partial charge in [0.1, 0.15) is 6.04 Å². The molecule has 0 heterocycles. The molecule has 0 aliphatic heterocycles. The zero-order chi connectivity index (χ0) is 15.4. The van der Waals surface area contributed by atoms with Crippen LogP contribution >= 0.6 is 23.4 Å². The van der Waals surface area contributed by atoms with Crippen LogP contribution in [-0.4, -0.2) is 28.3 Å². The van der Waals surface area contributed by atoms with Crippen LogP contribution in [0.15, 0.2) is 29.2 Å². The number of hydrogen-bond acceptors (Lipinski definition) is 3. The summed E-state index contributed by atoms with van der Waals surface area (Å²) in [6.07, 6.45) is 2.66. The van der Waals surface area contributed by atoms with E-state index in [0.717, 1.165) is 17.7 Å². The van der Waals surface area contributed by atoms with Crippen LogP contribution in [0.3, 0.4) is 0 Å². The molecule has 0 radical (unpaired) electrons. The van der Waals surface area contributed by atoms with E-state index in [9.17, 15) is 9.59 Å². The van der Waals surface area contributed by atoms with Gasteiger partial charge in [-0.3, -0.25) is 4.79 Å². The number of carboxylic acids is 1. The van der Waals surface area contributed by atoms with Gasteiger partial charge < -0.3 is 10.4 Å². The van der Waals surface area contributed by atoms with Crippen LogP contribution < -0.4 is 5.32 Å². The number of carbonyl (C=O) groups excluding carboxylic acids is 1. The molecule has 1 saturated carbocycles. The van der Waals surface area contributed by atoms with Crippen molar-refractivity contribution in [3.63, 3.8) is 0 Å². The summed E-state index contributed by atoms with van der Waals surface area (Å²) < 4.78 is 0. The molecule has 114 valence electrons. The Labute approximate surface area is 133 Å². The molecule has 1 amide bonds. The number of carboxylic acid groups (broad SMARTS) is 1. The van der Waals surface area contributed by atoms with E-state index in [1.54, 1.807) is 19.1 Å². The molecule has 1 aliphatic carbocycles. The first-order chi connectivity index (χ1) is 9.95. The molecule has 4 nitrogen and oxygen atoms in total. The van der Waals surface area contributed by atoms with Gasteiger partial charge in [-0.05, 0) is 43.5 Å². The first-order valence-electron chi connectivity index (χ1n) is 6.91. The first kappa shape index (κ1) is 16.2. The van der Waals surface area contributed by atoms with Gasteiger partial charge in [0, 0.05) is 9.92 Å². The van der Waals surface area contributed by atoms with Crippen LogP contribution in [0.4, 0.5) is 0 Å². The zero-order valence-electron chi connectivity index (χ0n) is 11.7. The Kier molecular flexibility index (Phi) is 5.53. The zero-order valence-corrected chi connectivity index (χ0v) is 13.3. The molecule has 2 rings (SSSR count). The largest absolute Gasteiger partial charge is 0.480 e. The van der Waals surface area contributed by atoms with E-state index < -0.39 is 12.0 Å². The average Bonchev–Trinajstić information content (AvgIpc) is 3.24. The van der Waals surface area contributed by atoms with Crippen LogP contribution in [0.2, 0.25) is 5.02 Å². The SMILES string of the molecule is CC(Sc1ccc(Cl)cc1)C(=O)NC(CC1CC1)C(=O)O. The van der Waals surface area contributed by atoms with Gasteiger partial charge in [0.25, 0.3) is 0 Å². The molecule has 1 fully saturated rings. The molecule has 0 saturated heterocycles. The third-order valence-electron chi connectivity index (χ3n) is 3.38. The lowest BCUT2D eigenvalue weighted by molar-refractivity contribution is -0.142. The highest BCUT2D eigenvalue weighted by molar-refractivity contribution is 8.00. The van der Waals surface area contributed by atoms with Crippen LogP contribution in [-0.2, 0) is 9.59 Å². The van der Waals surface area contributed by atoms with Gasteiger partial charge in [-0.25, -0.2) is 4.79 Å². The maximum Gasteiger partial charge on any atom is 0.326 e. The van der Waals surface area contributed by atoms with Crippen LogP contribution in [0, 0.1) is 5.92 Å². The van der Waals surface area contributed by atoms with Gasteiger partial charge >= 0.3 is 5.97 Å². The van der Waals surface area contributed by atoms with Gasteiger partial charge in [0.05, 0.1) is 5.25 Å². The monoisotopic (exact) mass is 327 g/mol. The molecule has 1 aliphatic rings. The van der Waals surface area contributed by atoms with Gasteiger partial charge in [-0.2, -0.15) is 0 Å². The van der Waals surface area contributed by atoms with E-state index in [2.05, 4.69) is 5.32 Å². The summed E-state index contributed by atoms with van der Waals surface area (Å²) in [7, 11) is 0. The van der Waals surface area contributed by atoms with Crippen molar-refractivity contribution >= 4 is 35.2 Å². The van der Waals surface area contributed by atoms with Crippen molar-refractivity contribution in [3.8, 4) is 0 Å². The number of benzene rings is 1. The van der Waals surface area contributed by atoms with Crippen molar-refractivity contribution in [1.82, 2.24) is 5.32 Å². The molecule has 0 aromatic heterocycles. The number of amides is 1. The quantitative estimate of drug-likeness (QED) is 0.755. The highest BCUT2D eigenvalue weighted by atomic mass is 35.5. The van der Waals surface area contributed by atoms with Crippen molar-refractivity contribution in [2.24, 2.45) is 5.92 Å². The molecule has 1 aromatic rings. The summed E-state index contributed by atoms with van der Waals surface area (Å²) in [5, 5.41) is 12.1. The number of carbonyl (C=O) groups is 2. The summed E-state index contributed by atoms with van der Waals surface area (Å²) >= 11 is 7.20. The minimum Gasteiger partial charge on any atom is -0.480 e. The van der Waals surface area contributed by atoms with Gasteiger partial charge in [0.15, 0.2) is 0 Å². The number of thioether (sulfide) groups is 1. The van der Waals surface area contributed by atoms with Crippen molar-refractivity contribution in [2.45, 2.75) is 42.4 Å². The number of nitrogens with one attached hydrogen (secondary N) is 1. The Morgan fingerprint density at radius 1 is 1.38 bits per heavy atom. The Balaban J connectivity index is 1.88. The molecule has 2 N–H and O–H groups in total. The van der Waals surface area contributed by atoms with Crippen molar-refractivity contribution in [2.75, 3.05) is 0 Å². The minimum atomic E-state index is -0.959. The molecular formula is C15H18ClNO3S. The first-order valence-corrected chi connectivity index (χ1v) is 8.17. The van der Waals surface area contributed by atoms with E-state index in [-0.39, 0.29) is 11.2 Å². The molecule has 2 unspecified atom stereocenters. The topological polar surface area (TPSA) is 66.4 Å². The minimum absolute atomic E-state index is 0.247. The molecule has 1 aromatic carbocycles. The summed E-state index contributed by atoms with van der Waals surface area (Å²) in [5.41, 5.74) is 0.